The van der Waals surface area contributed by atoms with Crippen LogP contribution in [0.15, 0.2) is 53.3 Å². The van der Waals surface area contributed by atoms with Crippen molar-refractivity contribution in [2.45, 2.75) is 45.4 Å². The molecule has 8 nitrogen and oxygen atoms in total. The van der Waals surface area contributed by atoms with Crippen molar-refractivity contribution >= 4 is 33.2 Å². The molecule has 0 amide bonds. The molecule has 0 N–H and O–H groups in total. The Kier molecular flexibility index (Phi) is 5.45. The molecule has 0 bridgehead atoms. The Labute approximate surface area is 202 Å². The quantitative estimate of drug-likeness (QED) is 0.372. The minimum Gasteiger partial charge on any atom is -0.496 e. The highest BCUT2D eigenvalue weighted by Crippen LogP contribution is 2.28. The molecule has 178 valence electrons. The van der Waals surface area contributed by atoms with Gasteiger partial charge in [0.1, 0.15) is 22.5 Å². The van der Waals surface area contributed by atoms with Crippen LogP contribution in [0.4, 0.5) is 0 Å². The van der Waals surface area contributed by atoms with Gasteiger partial charge in [-0.05, 0) is 31.0 Å². The number of nitrogens with zero attached hydrogens (tertiary/aromatic N) is 5. The number of fused-ring (bicyclic) bond motifs is 4. The molecule has 0 unspecified atom stereocenters. The molecule has 0 radical (unpaired) electrons. The van der Waals surface area contributed by atoms with E-state index >= 15 is 0 Å². The van der Waals surface area contributed by atoms with Crippen LogP contribution in [0.25, 0.3) is 33.2 Å². The number of methoxy groups -OCH3 is 1. The maximum atomic E-state index is 14.0. The maximum Gasteiger partial charge on any atom is 0.265 e. The lowest BCUT2D eigenvalue weighted by atomic mass is 10.2. The Morgan fingerprint density at radius 3 is 2.51 bits per heavy atom. The standard InChI is InChI=1S/C27H27N5O3/c1-3-22-30-25-23(27(33)31(22)16-18-10-8-14-35-18)24-26(29-20-12-6-5-11-19(20)28-24)32(25)15-17-9-4-7-13-21(17)34-2/h4-7,9,11-13,18H,3,8,10,14-16H2,1-2H3/t18-/m1/s1. The Balaban J connectivity index is 1.66. The van der Waals surface area contributed by atoms with Gasteiger partial charge in [-0.25, -0.2) is 15.0 Å². The number of benzene rings is 2. The minimum atomic E-state index is -0.0873. The van der Waals surface area contributed by atoms with E-state index in [-0.39, 0.29) is 11.7 Å². The largest absolute Gasteiger partial charge is 0.496 e. The Morgan fingerprint density at radius 2 is 1.77 bits per heavy atom. The molecule has 0 spiro atoms. The summed E-state index contributed by atoms with van der Waals surface area (Å²) in [5.41, 5.74) is 4.25. The maximum absolute atomic E-state index is 14.0. The summed E-state index contributed by atoms with van der Waals surface area (Å²) in [5.74, 6) is 1.52. The molecule has 3 aromatic heterocycles. The molecule has 1 fully saturated rings. The van der Waals surface area contributed by atoms with Crippen LogP contribution < -0.4 is 10.3 Å². The Morgan fingerprint density at radius 1 is 1.00 bits per heavy atom. The molecule has 1 aliphatic heterocycles. The van der Waals surface area contributed by atoms with E-state index in [4.69, 9.17) is 24.4 Å². The second-order valence-electron chi connectivity index (χ2n) is 8.91. The monoisotopic (exact) mass is 469 g/mol. The predicted molar refractivity (Wildman–Crippen MR) is 135 cm³/mol. The van der Waals surface area contributed by atoms with Crippen molar-refractivity contribution in [3.63, 3.8) is 0 Å². The van der Waals surface area contributed by atoms with Gasteiger partial charge in [0.25, 0.3) is 5.56 Å². The van der Waals surface area contributed by atoms with E-state index in [2.05, 4.69) is 0 Å². The summed E-state index contributed by atoms with van der Waals surface area (Å²) >= 11 is 0. The molecule has 2 aromatic carbocycles. The van der Waals surface area contributed by atoms with Crippen LogP contribution in [-0.2, 0) is 24.2 Å². The van der Waals surface area contributed by atoms with E-state index in [1.807, 2.05) is 60.0 Å². The van der Waals surface area contributed by atoms with Crippen molar-refractivity contribution in [2.75, 3.05) is 13.7 Å². The molecule has 8 heteroatoms. The van der Waals surface area contributed by atoms with Gasteiger partial charge >= 0.3 is 0 Å². The van der Waals surface area contributed by atoms with Crippen molar-refractivity contribution in [1.82, 2.24) is 24.1 Å². The molecular formula is C27H27N5O3. The van der Waals surface area contributed by atoms with E-state index in [1.165, 1.54) is 0 Å². The third-order valence-corrected chi connectivity index (χ3v) is 6.78. The van der Waals surface area contributed by atoms with Gasteiger partial charge in [-0.2, -0.15) is 0 Å². The fourth-order valence-electron chi connectivity index (χ4n) is 5.04. The van der Waals surface area contributed by atoms with Crippen LogP contribution >= 0.6 is 0 Å². The molecule has 35 heavy (non-hydrogen) atoms. The Bertz CT molecular complexity index is 1610. The number of hydrogen-bond acceptors (Lipinski definition) is 6. The lowest BCUT2D eigenvalue weighted by Crippen LogP contribution is -2.30. The summed E-state index contributed by atoms with van der Waals surface area (Å²) in [6, 6.07) is 15.6. The molecule has 1 aliphatic rings. The number of rotatable bonds is 6. The number of aryl methyl sites for hydroxylation is 1. The van der Waals surface area contributed by atoms with E-state index < -0.39 is 0 Å². The fraction of sp³-hybridized carbons (Fsp3) is 0.333. The first-order valence-electron chi connectivity index (χ1n) is 12.1. The van der Waals surface area contributed by atoms with Crippen molar-refractivity contribution in [3.05, 3.63) is 70.3 Å². The van der Waals surface area contributed by atoms with Gasteiger partial charge in [-0.15, -0.1) is 0 Å². The van der Waals surface area contributed by atoms with Crippen LogP contribution in [0.1, 0.15) is 31.2 Å². The predicted octanol–water partition coefficient (Wildman–Crippen LogP) is 4.09. The van der Waals surface area contributed by atoms with Gasteiger partial charge in [-0.3, -0.25) is 9.36 Å². The highest BCUT2D eigenvalue weighted by Gasteiger charge is 2.25. The average Bonchev–Trinajstić information content (AvgIpc) is 3.51. The zero-order chi connectivity index (χ0) is 23.9. The van der Waals surface area contributed by atoms with Crippen LogP contribution in [-0.4, -0.2) is 43.9 Å². The van der Waals surface area contributed by atoms with E-state index in [0.29, 0.717) is 41.7 Å². The Hall–Kier alpha value is -3.78. The minimum absolute atomic E-state index is 0.0334. The highest BCUT2D eigenvalue weighted by atomic mass is 16.5. The molecule has 0 saturated carbocycles. The van der Waals surface area contributed by atoms with Gasteiger partial charge in [-0.1, -0.05) is 37.3 Å². The lowest BCUT2D eigenvalue weighted by molar-refractivity contribution is 0.0953. The molecular weight excluding hydrogens is 442 g/mol. The first-order valence-corrected chi connectivity index (χ1v) is 12.1. The molecule has 5 aromatic rings. The van der Waals surface area contributed by atoms with Crippen LogP contribution in [0.3, 0.4) is 0 Å². The lowest BCUT2D eigenvalue weighted by Gasteiger charge is -2.16. The third kappa shape index (κ3) is 3.65. The zero-order valence-corrected chi connectivity index (χ0v) is 19.9. The zero-order valence-electron chi connectivity index (χ0n) is 19.9. The average molecular weight is 470 g/mol. The molecule has 1 saturated heterocycles. The molecule has 0 aliphatic carbocycles. The molecule has 4 heterocycles. The third-order valence-electron chi connectivity index (χ3n) is 6.78. The second-order valence-corrected chi connectivity index (χ2v) is 8.91. The molecule has 1 atom stereocenters. The first kappa shape index (κ1) is 21.7. The number of ether oxygens (including phenoxy) is 2. The van der Waals surface area contributed by atoms with Crippen molar-refractivity contribution in [2.24, 2.45) is 0 Å². The first-order chi connectivity index (χ1) is 17.2. The summed E-state index contributed by atoms with van der Waals surface area (Å²) in [5, 5.41) is 0.503. The van der Waals surface area contributed by atoms with E-state index in [1.54, 1.807) is 11.7 Å². The number of para-hydroxylation sites is 3. The van der Waals surface area contributed by atoms with Gasteiger partial charge in [0.15, 0.2) is 11.3 Å². The van der Waals surface area contributed by atoms with Crippen LogP contribution in [0, 0.1) is 0 Å². The number of hydrogen-bond donors (Lipinski definition) is 0. The van der Waals surface area contributed by atoms with Crippen LogP contribution in [0.2, 0.25) is 0 Å². The number of aromatic nitrogens is 5. The summed E-state index contributed by atoms with van der Waals surface area (Å²) in [7, 11) is 1.66. The van der Waals surface area contributed by atoms with Crippen LogP contribution in [0.5, 0.6) is 5.75 Å². The smallest absolute Gasteiger partial charge is 0.265 e. The SMILES string of the molecule is CCc1nc2c(c(=O)n1C[C@H]1CCCO1)c1nc3ccccc3nc1n2Cc1ccccc1OC. The highest BCUT2D eigenvalue weighted by molar-refractivity contribution is 6.04. The summed E-state index contributed by atoms with van der Waals surface area (Å²) in [4.78, 5) is 28.9. The normalized spacial score (nSPS) is 16.0. The van der Waals surface area contributed by atoms with E-state index in [0.717, 1.165) is 47.6 Å². The van der Waals surface area contributed by atoms with Crippen molar-refractivity contribution in [1.29, 1.82) is 0 Å². The summed E-state index contributed by atoms with van der Waals surface area (Å²) < 4.78 is 15.2. The second kappa shape index (κ2) is 8.78. The van der Waals surface area contributed by atoms with Crippen molar-refractivity contribution < 1.29 is 9.47 Å². The summed E-state index contributed by atoms with van der Waals surface area (Å²) in [6.45, 7) is 3.73. The topological polar surface area (TPSA) is 84.1 Å². The van der Waals surface area contributed by atoms with Gasteiger partial charge in [0.2, 0.25) is 0 Å². The van der Waals surface area contributed by atoms with Gasteiger partial charge in [0.05, 0.1) is 37.3 Å². The summed E-state index contributed by atoms with van der Waals surface area (Å²) in [6.07, 6.45) is 2.64. The van der Waals surface area contributed by atoms with E-state index in [9.17, 15) is 4.79 Å². The van der Waals surface area contributed by atoms with Gasteiger partial charge in [0, 0.05) is 18.6 Å². The van der Waals surface area contributed by atoms with Crippen molar-refractivity contribution in [3.8, 4) is 5.75 Å². The van der Waals surface area contributed by atoms with Gasteiger partial charge < -0.3 is 14.0 Å². The fourth-order valence-corrected chi connectivity index (χ4v) is 5.04. The molecule has 6 rings (SSSR count).